The van der Waals surface area contributed by atoms with Crippen molar-refractivity contribution in [2.75, 3.05) is 14.2 Å². The zero-order valence-electron chi connectivity index (χ0n) is 9.93. The van der Waals surface area contributed by atoms with E-state index in [9.17, 15) is 5.11 Å². The molecule has 1 aromatic rings. The first-order chi connectivity index (χ1) is 7.65. The molecule has 0 aliphatic heterocycles. The number of rotatable bonds is 4. The van der Waals surface area contributed by atoms with Crippen molar-refractivity contribution in [1.29, 1.82) is 0 Å². The Hall–Kier alpha value is -1.22. The van der Waals surface area contributed by atoms with Crippen molar-refractivity contribution >= 4 is 0 Å². The molecule has 0 aromatic heterocycles. The average molecular weight is 222 g/mol. The van der Waals surface area contributed by atoms with Crippen LogP contribution in [0.1, 0.15) is 24.8 Å². The van der Waals surface area contributed by atoms with Crippen LogP contribution in [0.2, 0.25) is 0 Å². The number of benzene rings is 1. The molecule has 0 bridgehead atoms. The lowest BCUT2D eigenvalue weighted by molar-refractivity contribution is 0.169. The molecule has 1 fully saturated rings. The molecule has 3 atom stereocenters. The largest absolute Gasteiger partial charge is 0.497 e. The van der Waals surface area contributed by atoms with Gasteiger partial charge in [-0.25, -0.2) is 0 Å². The Labute approximate surface area is 96.0 Å². The van der Waals surface area contributed by atoms with Crippen LogP contribution in [-0.2, 0) is 0 Å². The smallest absolute Gasteiger partial charge is 0.122 e. The summed E-state index contributed by atoms with van der Waals surface area (Å²) in [7, 11) is 3.30. The highest BCUT2D eigenvalue weighted by atomic mass is 16.5. The van der Waals surface area contributed by atoms with Crippen molar-refractivity contribution in [3.8, 4) is 11.5 Å². The lowest BCUT2D eigenvalue weighted by atomic mass is 10.1. The first kappa shape index (κ1) is 11.3. The van der Waals surface area contributed by atoms with Crippen molar-refractivity contribution in [1.82, 2.24) is 0 Å². The molecule has 88 valence electrons. The Balaban J connectivity index is 2.21. The van der Waals surface area contributed by atoms with E-state index >= 15 is 0 Å². The third kappa shape index (κ3) is 2.14. The minimum atomic E-state index is -0.234. The summed E-state index contributed by atoms with van der Waals surface area (Å²) in [5.41, 5.74) is 1.20. The van der Waals surface area contributed by atoms with Crippen molar-refractivity contribution in [2.45, 2.75) is 25.4 Å². The van der Waals surface area contributed by atoms with E-state index in [4.69, 9.17) is 9.47 Å². The van der Waals surface area contributed by atoms with Crippen molar-refractivity contribution in [3.05, 3.63) is 23.8 Å². The van der Waals surface area contributed by atoms with Gasteiger partial charge >= 0.3 is 0 Å². The predicted octanol–water partition coefficient (Wildman–Crippen LogP) is 2.19. The summed E-state index contributed by atoms with van der Waals surface area (Å²) in [5.74, 6) is 2.46. The molecular weight excluding hydrogens is 204 g/mol. The SMILES string of the molecule is COc1cc(OC)cc([C@@H]2C[C@H]2[C@H](C)O)c1. The highest BCUT2D eigenvalue weighted by Crippen LogP contribution is 2.50. The van der Waals surface area contributed by atoms with E-state index in [-0.39, 0.29) is 6.10 Å². The quantitative estimate of drug-likeness (QED) is 0.848. The second kappa shape index (κ2) is 4.34. The lowest BCUT2D eigenvalue weighted by Gasteiger charge is -2.09. The van der Waals surface area contributed by atoms with Gasteiger partial charge in [0.25, 0.3) is 0 Å². The molecule has 16 heavy (non-hydrogen) atoms. The fourth-order valence-electron chi connectivity index (χ4n) is 2.17. The van der Waals surface area contributed by atoms with Crippen LogP contribution in [0.15, 0.2) is 18.2 Å². The highest BCUT2D eigenvalue weighted by molar-refractivity contribution is 5.42. The van der Waals surface area contributed by atoms with Gasteiger partial charge in [-0.1, -0.05) is 0 Å². The minimum absolute atomic E-state index is 0.234. The zero-order chi connectivity index (χ0) is 11.7. The molecule has 0 saturated heterocycles. The van der Waals surface area contributed by atoms with Gasteiger partial charge in [0.2, 0.25) is 0 Å². The summed E-state index contributed by atoms with van der Waals surface area (Å²) in [5, 5.41) is 9.51. The number of methoxy groups -OCH3 is 2. The van der Waals surface area contributed by atoms with E-state index < -0.39 is 0 Å². The van der Waals surface area contributed by atoms with Gasteiger partial charge in [-0.15, -0.1) is 0 Å². The third-order valence-corrected chi connectivity index (χ3v) is 3.26. The van der Waals surface area contributed by atoms with E-state index in [0.29, 0.717) is 11.8 Å². The summed E-state index contributed by atoms with van der Waals surface area (Å²) < 4.78 is 10.5. The van der Waals surface area contributed by atoms with Crippen LogP contribution in [0.3, 0.4) is 0 Å². The number of hydrogen-bond donors (Lipinski definition) is 1. The maximum atomic E-state index is 9.51. The van der Waals surface area contributed by atoms with Gasteiger partial charge < -0.3 is 14.6 Å². The summed E-state index contributed by atoms with van der Waals surface area (Å²) in [6.07, 6.45) is 0.816. The van der Waals surface area contributed by atoms with E-state index in [1.807, 2.05) is 25.1 Å². The summed E-state index contributed by atoms with van der Waals surface area (Å²) in [6, 6.07) is 5.91. The summed E-state index contributed by atoms with van der Waals surface area (Å²) in [4.78, 5) is 0. The monoisotopic (exact) mass is 222 g/mol. The molecule has 1 aliphatic carbocycles. The average Bonchev–Trinajstić information content (AvgIpc) is 3.08. The van der Waals surface area contributed by atoms with Crippen LogP contribution in [0, 0.1) is 5.92 Å². The summed E-state index contributed by atoms with van der Waals surface area (Å²) >= 11 is 0. The van der Waals surface area contributed by atoms with Gasteiger partial charge in [0, 0.05) is 6.07 Å². The molecule has 1 saturated carbocycles. The lowest BCUT2D eigenvalue weighted by Crippen LogP contribution is -2.03. The van der Waals surface area contributed by atoms with E-state index in [1.54, 1.807) is 14.2 Å². The van der Waals surface area contributed by atoms with Gasteiger partial charge in [-0.05, 0) is 42.9 Å². The maximum absolute atomic E-state index is 9.51. The van der Waals surface area contributed by atoms with Crippen LogP contribution in [-0.4, -0.2) is 25.4 Å². The number of ether oxygens (including phenoxy) is 2. The first-order valence-corrected chi connectivity index (χ1v) is 5.56. The molecule has 0 amide bonds. The first-order valence-electron chi connectivity index (χ1n) is 5.56. The molecule has 0 radical (unpaired) electrons. The van der Waals surface area contributed by atoms with Crippen LogP contribution in [0.25, 0.3) is 0 Å². The Morgan fingerprint density at radius 3 is 2.12 bits per heavy atom. The fraction of sp³-hybridized carbons (Fsp3) is 0.538. The fourth-order valence-corrected chi connectivity index (χ4v) is 2.17. The molecular formula is C13H18O3. The topological polar surface area (TPSA) is 38.7 Å². The van der Waals surface area contributed by atoms with E-state index in [1.165, 1.54) is 5.56 Å². The van der Waals surface area contributed by atoms with Gasteiger partial charge in [-0.2, -0.15) is 0 Å². The standard InChI is InChI=1S/C13H18O3/c1-8(14)12-7-13(12)9-4-10(15-2)6-11(5-9)16-3/h4-6,8,12-14H,7H2,1-3H3/t8-,12-,13-/m0/s1. The Bertz CT molecular complexity index is 351. The van der Waals surface area contributed by atoms with Gasteiger partial charge in [0.15, 0.2) is 0 Å². The molecule has 2 rings (SSSR count). The van der Waals surface area contributed by atoms with Gasteiger partial charge in [0.1, 0.15) is 11.5 Å². The van der Waals surface area contributed by atoms with Crippen LogP contribution >= 0.6 is 0 Å². The van der Waals surface area contributed by atoms with Crippen LogP contribution in [0.4, 0.5) is 0 Å². The van der Waals surface area contributed by atoms with E-state index in [2.05, 4.69) is 0 Å². The molecule has 3 nitrogen and oxygen atoms in total. The maximum Gasteiger partial charge on any atom is 0.122 e. The van der Waals surface area contributed by atoms with Crippen molar-refractivity contribution < 1.29 is 14.6 Å². The van der Waals surface area contributed by atoms with Crippen molar-refractivity contribution in [2.24, 2.45) is 5.92 Å². The highest BCUT2D eigenvalue weighted by Gasteiger charge is 2.41. The number of hydrogen-bond acceptors (Lipinski definition) is 3. The molecule has 3 heteroatoms. The molecule has 0 heterocycles. The molecule has 0 unspecified atom stereocenters. The number of aliphatic hydroxyl groups excluding tert-OH is 1. The minimum Gasteiger partial charge on any atom is -0.497 e. The molecule has 1 N–H and O–H groups in total. The zero-order valence-corrected chi connectivity index (χ0v) is 9.93. The molecule has 1 aromatic carbocycles. The number of aliphatic hydroxyl groups is 1. The van der Waals surface area contributed by atoms with Crippen molar-refractivity contribution in [3.63, 3.8) is 0 Å². The van der Waals surface area contributed by atoms with Gasteiger partial charge in [0.05, 0.1) is 20.3 Å². The van der Waals surface area contributed by atoms with Crippen LogP contribution in [0.5, 0.6) is 11.5 Å². The predicted molar refractivity (Wildman–Crippen MR) is 62.1 cm³/mol. The molecule has 1 aliphatic rings. The molecule has 0 spiro atoms. The van der Waals surface area contributed by atoms with Gasteiger partial charge in [-0.3, -0.25) is 0 Å². The second-order valence-corrected chi connectivity index (χ2v) is 4.39. The van der Waals surface area contributed by atoms with Crippen LogP contribution < -0.4 is 9.47 Å². The Morgan fingerprint density at radius 2 is 1.75 bits per heavy atom. The normalized spacial score (nSPS) is 25.0. The summed E-state index contributed by atoms with van der Waals surface area (Å²) in [6.45, 7) is 1.85. The Kier molecular flexibility index (Phi) is 3.06. The van der Waals surface area contributed by atoms with E-state index in [0.717, 1.165) is 17.9 Å². The third-order valence-electron chi connectivity index (χ3n) is 3.26. The second-order valence-electron chi connectivity index (χ2n) is 4.39. The Morgan fingerprint density at radius 1 is 1.19 bits per heavy atom.